The molecule has 0 aromatic carbocycles. The molecule has 0 aromatic rings. The number of nitrogens with zero attached hydrogens (tertiary/aromatic N) is 1. The van der Waals surface area contributed by atoms with Gasteiger partial charge in [-0.1, -0.05) is 6.92 Å². The Labute approximate surface area is 82.7 Å². The molecule has 2 nitrogen and oxygen atoms in total. The first-order valence-electron chi connectivity index (χ1n) is 5.51. The van der Waals surface area contributed by atoms with Crippen LogP contribution < -0.4 is 5.32 Å². The SMILES string of the molecule is CCCN1CC[C@H](NC(C)(C)C)C1. The zero-order chi connectivity index (χ0) is 9.90. The molecule has 0 aromatic heterocycles. The lowest BCUT2D eigenvalue weighted by atomic mass is 10.1. The van der Waals surface area contributed by atoms with Crippen LogP contribution in [-0.4, -0.2) is 36.1 Å². The van der Waals surface area contributed by atoms with Gasteiger partial charge >= 0.3 is 0 Å². The maximum atomic E-state index is 3.66. The molecular weight excluding hydrogens is 160 g/mol. The number of rotatable bonds is 3. The zero-order valence-corrected chi connectivity index (χ0v) is 9.56. The van der Waals surface area contributed by atoms with Crippen molar-refractivity contribution in [3.05, 3.63) is 0 Å². The Morgan fingerprint density at radius 3 is 2.62 bits per heavy atom. The average molecular weight is 184 g/mol. The van der Waals surface area contributed by atoms with E-state index in [1.165, 1.54) is 32.5 Å². The minimum atomic E-state index is 0.271. The quantitative estimate of drug-likeness (QED) is 0.720. The highest BCUT2D eigenvalue weighted by molar-refractivity contribution is 4.85. The summed E-state index contributed by atoms with van der Waals surface area (Å²) in [6.07, 6.45) is 2.60. The van der Waals surface area contributed by atoms with Crippen molar-refractivity contribution < 1.29 is 0 Å². The van der Waals surface area contributed by atoms with Crippen LogP contribution in [0.4, 0.5) is 0 Å². The van der Waals surface area contributed by atoms with Crippen LogP contribution in [-0.2, 0) is 0 Å². The molecule has 13 heavy (non-hydrogen) atoms. The zero-order valence-electron chi connectivity index (χ0n) is 9.56. The van der Waals surface area contributed by atoms with E-state index in [4.69, 9.17) is 0 Å². The molecule has 1 saturated heterocycles. The van der Waals surface area contributed by atoms with Crippen molar-refractivity contribution in [1.29, 1.82) is 0 Å². The molecule has 0 radical (unpaired) electrons. The fraction of sp³-hybridized carbons (Fsp3) is 1.00. The Balaban J connectivity index is 2.25. The highest BCUT2D eigenvalue weighted by Gasteiger charge is 2.24. The van der Waals surface area contributed by atoms with Gasteiger partial charge in [0.1, 0.15) is 0 Å². The summed E-state index contributed by atoms with van der Waals surface area (Å²) in [7, 11) is 0. The van der Waals surface area contributed by atoms with Crippen LogP contribution in [0.3, 0.4) is 0 Å². The fourth-order valence-corrected chi connectivity index (χ4v) is 2.08. The topological polar surface area (TPSA) is 15.3 Å². The first-order chi connectivity index (χ1) is 6.01. The van der Waals surface area contributed by atoms with Gasteiger partial charge in [0.15, 0.2) is 0 Å². The van der Waals surface area contributed by atoms with Crippen LogP contribution in [0, 0.1) is 0 Å². The van der Waals surface area contributed by atoms with Gasteiger partial charge in [0.2, 0.25) is 0 Å². The summed E-state index contributed by atoms with van der Waals surface area (Å²) in [4.78, 5) is 2.56. The molecule has 1 atom stereocenters. The second-order valence-electron chi connectivity index (χ2n) is 5.18. The first-order valence-corrected chi connectivity index (χ1v) is 5.51. The predicted molar refractivity (Wildman–Crippen MR) is 58.0 cm³/mol. The molecule has 1 N–H and O–H groups in total. The third kappa shape index (κ3) is 4.10. The Morgan fingerprint density at radius 2 is 2.08 bits per heavy atom. The van der Waals surface area contributed by atoms with Crippen molar-refractivity contribution in [1.82, 2.24) is 10.2 Å². The second-order valence-corrected chi connectivity index (χ2v) is 5.18. The predicted octanol–water partition coefficient (Wildman–Crippen LogP) is 1.86. The van der Waals surface area contributed by atoms with Gasteiger partial charge in [-0.25, -0.2) is 0 Å². The lowest BCUT2D eigenvalue weighted by molar-refractivity contribution is 0.308. The summed E-state index contributed by atoms with van der Waals surface area (Å²) >= 11 is 0. The van der Waals surface area contributed by atoms with Crippen LogP contribution in [0.25, 0.3) is 0 Å². The molecule has 0 saturated carbocycles. The standard InChI is InChI=1S/C11H24N2/c1-5-7-13-8-6-10(9-13)12-11(2,3)4/h10,12H,5-9H2,1-4H3/t10-/m0/s1. The second kappa shape index (κ2) is 4.43. The summed E-state index contributed by atoms with van der Waals surface area (Å²) < 4.78 is 0. The van der Waals surface area contributed by atoms with Crippen LogP contribution in [0.1, 0.15) is 40.5 Å². The molecule has 0 unspecified atom stereocenters. The normalized spacial score (nSPS) is 25.4. The minimum Gasteiger partial charge on any atom is -0.308 e. The van der Waals surface area contributed by atoms with Gasteiger partial charge < -0.3 is 10.2 Å². The molecule has 0 bridgehead atoms. The maximum Gasteiger partial charge on any atom is 0.0212 e. The molecule has 1 aliphatic heterocycles. The van der Waals surface area contributed by atoms with Gasteiger partial charge in [0, 0.05) is 18.1 Å². The van der Waals surface area contributed by atoms with Crippen molar-refractivity contribution in [2.75, 3.05) is 19.6 Å². The Kier molecular flexibility index (Phi) is 3.74. The van der Waals surface area contributed by atoms with Crippen LogP contribution in [0.5, 0.6) is 0 Å². The Hall–Kier alpha value is -0.0800. The summed E-state index contributed by atoms with van der Waals surface area (Å²) in [6, 6.07) is 0.714. The van der Waals surface area contributed by atoms with Gasteiger partial charge in [-0.05, 0) is 46.7 Å². The molecule has 0 spiro atoms. The molecule has 1 fully saturated rings. The molecule has 1 aliphatic rings. The third-order valence-electron chi connectivity index (χ3n) is 2.45. The largest absolute Gasteiger partial charge is 0.308 e. The molecular formula is C11H24N2. The molecule has 0 amide bonds. The van der Waals surface area contributed by atoms with E-state index >= 15 is 0 Å². The number of likely N-dealkylation sites (tertiary alicyclic amines) is 1. The van der Waals surface area contributed by atoms with E-state index in [2.05, 4.69) is 37.9 Å². The highest BCUT2D eigenvalue weighted by Crippen LogP contribution is 2.12. The van der Waals surface area contributed by atoms with E-state index in [1.54, 1.807) is 0 Å². The lowest BCUT2D eigenvalue weighted by Gasteiger charge is -2.26. The molecule has 1 rings (SSSR count). The summed E-state index contributed by atoms with van der Waals surface area (Å²) in [5.41, 5.74) is 0.271. The van der Waals surface area contributed by atoms with Crippen molar-refractivity contribution in [2.45, 2.75) is 52.1 Å². The molecule has 2 heteroatoms. The number of hydrogen-bond acceptors (Lipinski definition) is 2. The van der Waals surface area contributed by atoms with Gasteiger partial charge in [0.05, 0.1) is 0 Å². The Bertz CT molecular complexity index is 149. The van der Waals surface area contributed by atoms with Crippen LogP contribution in [0.15, 0.2) is 0 Å². The van der Waals surface area contributed by atoms with E-state index in [0.717, 1.165) is 0 Å². The lowest BCUT2D eigenvalue weighted by Crippen LogP contribution is -2.44. The van der Waals surface area contributed by atoms with Crippen molar-refractivity contribution >= 4 is 0 Å². The molecule has 1 heterocycles. The van der Waals surface area contributed by atoms with Crippen molar-refractivity contribution in [3.63, 3.8) is 0 Å². The smallest absolute Gasteiger partial charge is 0.0212 e. The van der Waals surface area contributed by atoms with Crippen LogP contribution in [0.2, 0.25) is 0 Å². The van der Waals surface area contributed by atoms with Crippen molar-refractivity contribution in [3.8, 4) is 0 Å². The monoisotopic (exact) mass is 184 g/mol. The van der Waals surface area contributed by atoms with E-state index in [0.29, 0.717) is 6.04 Å². The summed E-state index contributed by atoms with van der Waals surface area (Å²) in [5.74, 6) is 0. The first kappa shape index (κ1) is 11.0. The van der Waals surface area contributed by atoms with Gasteiger partial charge in [-0.15, -0.1) is 0 Å². The van der Waals surface area contributed by atoms with E-state index in [-0.39, 0.29) is 5.54 Å². The maximum absolute atomic E-state index is 3.66. The van der Waals surface area contributed by atoms with E-state index < -0.39 is 0 Å². The fourth-order valence-electron chi connectivity index (χ4n) is 2.08. The average Bonchev–Trinajstić information content (AvgIpc) is 2.33. The molecule has 78 valence electrons. The highest BCUT2D eigenvalue weighted by atomic mass is 15.2. The number of nitrogens with one attached hydrogen (secondary N) is 1. The van der Waals surface area contributed by atoms with Crippen molar-refractivity contribution in [2.24, 2.45) is 0 Å². The summed E-state index contributed by atoms with van der Waals surface area (Å²) in [5, 5.41) is 3.66. The third-order valence-corrected chi connectivity index (χ3v) is 2.45. The number of hydrogen-bond donors (Lipinski definition) is 1. The van der Waals surface area contributed by atoms with Gasteiger partial charge in [-0.2, -0.15) is 0 Å². The van der Waals surface area contributed by atoms with E-state index in [9.17, 15) is 0 Å². The Morgan fingerprint density at radius 1 is 1.38 bits per heavy atom. The minimum absolute atomic E-state index is 0.271. The summed E-state index contributed by atoms with van der Waals surface area (Å²) in [6.45, 7) is 12.8. The van der Waals surface area contributed by atoms with Gasteiger partial charge in [-0.3, -0.25) is 0 Å². The molecule has 0 aliphatic carbocycles. The van der Waals surface area contributed by atoms with Crippen LogP contribution >= 0.6 is 0 Å². The van der Waals surface area contributed by atoms with Gasteiger partial charge in [0.25, 0.3) is 0 Å². The van der Waals surface area contributed by atoms with E-state index in [1.807, 2.05) is 0 Å².